The highest BCUT2D eigenvalue weighted by Crippen LogP contribution is 2.35. The first kappa shape index (κ1) is 11.6. The monoisotopic (exact) mass is 207 g/mol. The van der Waals surface area contributed by atoms with Gasteiger partial charge in [-0.1, -0.05) is 13.8 Å². The lowest BCUT2D eigenvalue weighted by Crippen LogP contribution is -2.07. The lowest BCUT2D eigenvalue weighted by Gasteiger charge is -2.16. The molecule has 0 radical (unpaired) electrons. The van der Waals surface area contributed by atoms with Crippen LogP contribution in [0.15, 0.2) is 6.07 Å². The zero-order valence-electron chi connectivity index (χ0n) is 9.59. The van der Waals surface area contributed by atoms with Crippen LogP contribution in [-0.2, 0) is 0 Å². The molecule has 0 spiro atoms. The second-order valence-electron chi connectivity index (χ2n) is 4.13. The third-order valence-electron chi connectivity index (χ3n) is 2.49. The van der Waals surface area contributed by atoms with Crippen molar-refractivity contribution in [1.29, 1.82) is 0 Å². The first-order valence-corrected chi connectivity index (χ1v) is 4.99. The predicted molar refractivity (Wildman–Crippen MR) is 61.3 cm³/mol. The van der Waals surface area contributed by atoms with Gasteiger partial charge in [-0.25, -0.2) is 0 Å². The van der Waals surface area contributed by atoms with Crippen molar-refractivity contribution in [2.75, 3.05) is 5.73 Å². The van der Waals surface area contributed by atoms with Crippen LogP contribution in [-0.4, -0.2) is 10.9 Å². The summed E-state index contributed by atoms with van der Waals surface area (Å²) >= 11 is 0. The summed E-state index contributed by atoms with van der Waals surface area (Å²) in [6.45, 7) is 7.09. The average molecular weight is 207 g/mol. The van der Waals surface area contributed by atoms with Crippen molar-refractivity contribution in [3.05, 3.63) is 22.8 Å². The number of Topliss-reactive ketones (excluding diaryl/α,β-unsaturated/α-hetero) is 1. The van der Waals surface area contributed by atoms with Crippen molar-refractivity contribution in [3.63, 3.8) is 0 Å². The topological polar surface area (TPSA) is 63.3 Å². The van der Waals surface area contributed by atoms with E-state index in [0.29, 0.717) is 16.8 Å². The standard InChI is InChI=1S/C12H17NO2/c1-6(2)10-9(13)5-7(3)12(15)11(10)8(4)14/h5-6,15H,13H2,1-4H3. The number of carbonyl (C=O) groups excluding carboxylic acids is 1. The van der Waals surface area contributed by atoms with E-state index in [1.54, 1.807) is 13.0 Å². The summed E-state index contributed by atoms with van der Waals surface area (Å²) in [6.07, 6.45) is 0. The van der Waals surface area contributed by atoms with Crippen molar-refractivity contribution < 1.29 is 9.90 Å². The number of benzene rings is 1. The smallest absolute Gasteiger partial charge is 0.163 e. The summed E-state index contributed by atoms with van der Waals surface area (Å²) in [4.78, 5) is 11.5. The van der Waals surface area contributed by atoms with Crippen LogP contribution in [0, 0.1) is 6.92 Å². The molecule has 0 aliphatic rings. The van der Waals surface area contributed by atoms with Gasteiger partial charge in [0.25, 0.3) is 0 Å². The Morgan fingerprint density at radius 1 is 1.47 bits per heavy atom. The SMILES string of the molecule is CC(=O)c1c(O)c(C)cc(N)c1C(C)C. The molecule has 3 N–H and O–H groups in total. The molecule has 1 aromatic rings. The van der Waals surface area contributed by atoms with Gasteiger partial charge in [0.15, 0.2) is 5.78 Å². The zero-order valence-corrected chi connectivity index (χ0v) is 9.59. The van der Waals surface area contributed by atoms with Crippen LogP contribution in [0.2, 0.25) is 0 Å². The minimum atomic E-state index is -0.147. The third-order valence-corrected chi connectivity index (χ3v) is 2.49. The van der Waals surface area contributed by atoms with Gasteiger partial charge < -0.3 is 10.8 Å². The van der Waals surface area contributed by atoms with E-state index >= 15 is 0 Å². The average Bonchev–Trinajstić information content (AvgIpc) is 2.09. The number of hydrogen-bond donors (Lipinski definition) is 2. The fraction of sp³-hybridized carbons (Fsp3) is 0.417. The van der Waals surface area contributed by atoms with Crippen LogP contribution >= 0.6 is 0 Å². The Balaban J connectivity index is 3.62. The Morgan fingerprint density at radius 2 is 2.00 bits per heavy atom. The largest absolute Gasteiger partial charge is 0.507 e. The highest BCUT2D eigenvalue weighted by atomic mass is 16.3. The molecule has 0 bridgehead atoms. The number of ketones is 1. The molecule has 1 aromatic carbocycles. The van der Waals surface area contributed by atoms with Gasteiger partial charge in [0.05, 0.1) is 5.56 Å². The summed E-state index contributed by atoms with van der Waals surface area (Å²) in [7, 11) is 0. The minimum absolute atomic E-state index is 0.0559. The third kappa shape index (κ3) is 1.96. The summed E-state index contributed by atoms with van der Waals surface area (Å²) in [6, 6.07) is 1.71. The molecule has 3 heteroatoms. The van der Waals surface area contributed by atoms with Crippen molar-refractivity contribution in [1.82, 2.24) is 0 Å². The van der Waals surface area contributed by atoms with Crippen molar-refractivity contribution in [3.8, 4) is 5.75 Å². The van der Waals surface area contributed by atoms with Gasteiger partial charge in [0, 0.05) is 5.69 Å². The maximum atomic E-state index is 11.5. The lowest BCUT2D eigenvalue weighted by atomic mass is 9.91. The molecule has 0 aromatic heterocycles. The number of aryl methyl sites for hydroxylation is 1. The Morgan fingerprint density at radius 3 is 2.40 bits per heavy atom. The molecule has 0 saturated heterocycles. The summed E-state index contributed by atoms with van der Waals surface area (Å²) < 4.78 is 0. The minimum Gasteiger partial charge on any atom is -0.507 e. The number of phenolic OH excluding ortho intramolecular Hbond substituents is 1. The van der Waals surface area contributed by atoms with Gasteiger partial charge in [-0.2, -0.15) is 0 Å². The molecule has 0 heterocycles. The normalized spacial score (nSPS) is 10.7. The van der Waals surface area contributed by atoms with Gasteiger partial charge in [-0.15, -0.1) is 0 Å². The highest BCUT2D eigenvalue weighted by Gasteiger charge is 2.19. The number of hydrogen-bond acceptors (Lipinski definition) is 3. The highest BCUT2D eigenvalue weighted by molar-refractivity contribution is 6.00. The molecule has 3 nitrogen and oxygen atoms in total. The lowest BCUT2D eigenvalue weighted by molar-refractivity contribution is 0.101. The Labute approximate surface area is 89.9 Å². The van der Waals surface area contributed by atoms with E-state index in [9.17, 15) is 9.90 Å². The first-order valence-electron chi connectivity index (χ1n) is 4.99. The second kappa shape index (κ2) is 3.93. The van der Waals surface area contributed by atoms with E-state index in [1.165, 1.54) is 6.92 Å². The fourth-order valence-electron chi connectivity index (χ4n) is 1.83. The van der Waals surface area contributed by atoms with Gasteiger partial charge in [-0.05, 0) is 37.0 Å². The molecule has 15 heavy (non-hydrogen) atoms. The summed E-state index contributed by atoms with van der Waals surface area (Å²) in [5.74, 6) is 0.0300. The van der Waals surface area contributed by atoms with E-state index in [2.05, 4.69) is 0 Å². The van der Waals surface area contributed by atoms with Crippen molar-refractivity contribution in [2.24, 2.45) is 0 Å². The number of nitrogen functional groups attached to an aromatic ring is 1. The number of rotatable bonds is 2. The predicted octanol–water partition coefficient (Wildman–Crippen LogP) is 2.61. The zero-order chi connectivity index (χ0) is 11.7. The Bertz CT molecular complexity index is 409. The van der Waals surface area contributed by atoms with Crippen LogP contribution < -0.4 is 5.73 Å². The van der Waals surface area contributed by atoms with E-state index in [4.69, 9.17) is 5.73 Å². The number of aromatic hydroxyl groups is 1. The number of nitrogens with two attached hydrogens (primary N) is 1. The van der Waals surface area contributed by atoms with Gasteiger partial charge in [0.1, 0.15) is 5.75 Å². The molecule has 0 fully saturated rings. The van der Waals surface area contributed by atoms with Crippen LogP contribution in [0.1, 0.15) is 48.2 Å². The number of carbonyl (C=O) groups is 1. The summed E-state index contributed by atoms with van der Waals surface area (Å²) in [5, 5.41) is 9.85. The molecule has 0 amide bonds. The van der Waals surface area contributed by atoms with Gasteiger partial charge in [-0.3, -0.25) is 4.79 Å². The van der Waals surface area contributed by atoms with Gasteiger partial charge in [0.2, 0.25) is 0 Å². The van der Waals surface area contributed by atoms with Crippen LogP contribution in [0.4, 0.5) is 5.69 Å². The fourth-order valence-corrected chi connectivity index (χ4v) is 1.83. The maximum Gasteiger partial charge on any atom is 0.163 e. The van der Waals surface area contributed by atoms with Crippen LogP contribution in [0.5, 0.6) is 5.75 Å². The second-order valence-corrected chi connectivity index (χ2v) is 4.13. The number of anilines is 1. The Hall–Kier alpha value is -1.51. The van der Waals surface area contributed by atoms with Crippen LogP contribution in [0.25, 0.3) is 0 Å². The van der Waals surface area contributed by atoms with Gasteiger partial charge >= 0.3 is 0 Å². The van der Waals surface area contributed by atoms with Crippen LogP contribution in [0.3, 0.4) is 0 Å². The molecule has 0 aliphatic carbocycles. The van der Waals surface area contributed by atoms with E-state index < -0.39 is 0 Å². The number of phenols is 1. The molecular weight excluding hydrogens is 190 g/mol. The van der Waals surface area contributed by atoms with E-state index in [-0.39, 0.29) is 17.5 Å². The maximum absolute atomic E-state index is 11.5. The molecule has 1 rings (SSSR count). The Kier molecular flexibility index (Phi) is 3.03. The molecular formula is C12H17NO2. The van der Waals surface area contributed by atoms with E-state index in [0.717, 1.165) is 5.56 Å². The summed E-state index contributed by atoms with van der Waals surface area (Å²) in [5.41, 5.74) is 8.19. The molecule has 0 atom stereocenters. The van der Waals surface area contributed by atoms with Crippen molar-refractivity contribution >= 4 is 11.5 Å². The molecule has 0 saturated carbocycles. The quantitative estimate of drug-likeness (QED) is 0.445. The molecule has 0 aliphatic heterocycles. The van der Waals surface area contributed by atoms with E-state index in [1.807, 2.05) is 13.8 Å². The molecule has 0 unspecified atom stereocenters. The first-order chi connectivity index (χ1) is 6.86. The molecule has 82 valence electrons. The van der Waals surface area contributed by atoms with Crippen molar-refractivity contribution in [2.45, 2.75) is 33.6 Å².